The van der Waals surface area contributed by atoms with Gasteiger partial charge in [-0.05, 0) is 74.7 Å². The molecular weight excluding hydrogens is 448 g/mol. The smallest absolute Gasteiger partial charge is 0.290 e. The van der Waals surface area contributed by atoms with Gasteiger partial charge in [0.1, 0.15) is 0 Å². The molecule has 1 unspecified atom stereocenters. The third kappa shape index (κ3) is 12.0. The van der Waals surface area contributed by atoms with Gasteiger partial charge in [-0.3, -0.25) is 14.5 Å². The average molecular weight is 495 g/mol. The first kappa shape index (κ1) is 32.1. The third-order valence-corrected chi connectivity index (χ3v) is 6.52. The molecule has 0 saturated heterocycles. The molecular formula is C28H47ClN2O3. The maximum atomic E-state index is 11.1. The van der Waals surface area contributed by atoms with Crippen LogP contribution < -0.4 is 0 Å². The van der Waals surface area contributed by atoms with Gasteiger partial charge in [0.05, 0.1) is 0 Å². The highest BCUT2D eigenvalue weighted by Gasteiger charge is 2.20. The van der Waals surface area contributed by atoms with Crippen LogP contribution in [0.25, 0.3) is 0 Å². The fourth-order valence-corrected chi connectivity index (χ4v) is 4.86. The van der Waals surface area contributed by atoms with E-state index >= 15 is 0 Å². The van der Waals surface area contributed by atoms with Crippen molar-refractivity contribution < 1.29 is 14.7 Å². The van der Waals surface area contributed by atoms with Crippen molar-refractivity contribution in [3.8, 4) is 0 Å². The molecule has 34 heavy (non-hydrogen) atoms. The van der Waals surface area contributed by atoms with Crippen LogP contribution in [0, 0.1) is 5.92 Å². The highest BCUT2D eigenvalue weighted by molar-refractivity contribution is 6.31. The lowest BCUT2D eigenvalue weighted by atomic mass is 9.93. The Labute approximate surface area is 213 Å². The minimum Gasteiger partial charge on any atom is -0.483 e. The molecule has 6 heteroatoms. The number of carbonyl (C=O) groups is 2. The van der Waals surface area contributed by atoms with Gasteiger partial charge in [-0.1, -0.05) is 77.3 Å². The molecule has 1 aromatic carbocycles. The summed E-state index contributed by atoms with van der Waals surface area (Å²) < 4.78 is 0. The second-order valence-electron chi connectivity index (χ2n) is 9.14. The topological polar surface area (TPSA) is 60.9 Å². The monoisotopic (exact) mass is 494 g/mol. The number of amides is 1. The minimum absolute atomic E-state index is 0.250. The number of likely N-dealkylation sites (N-methyl/N-ethyl adjacent to an activating group) is 1. The predicted molar refractivity (Wildman–Crippen MR) is 144 cm³/mol. The molecule has 1 aliphatic carbocycles. The third-order valence-electron chi connectivity index (χ3n) is 6.18. The van der Waals surface area contributed by atoms with Crippen molar-refractivity contribution in [2.24, 2.45) is 5.92 Å². The van der Waals surface area contributed by atoms with Gasteiger partial charge in [-0.15, -0.1) is 0 Å². The molecule has 1 atom stereocenters. The van der Waals surface area contributed by atoms with Crippen molar-refractivity contribution in [3.05, 3.63) is 46.6 Å². The van der Waals surface area contributed by atoms with E-state index in [9.17, 15) is 4.79 Å². The lowest BCUT2D eigenvalue weighted by Gasteiger charge is -2.32. The van der Waals surface area contributed by atoms with E-state index in [0.717, 1.165) is 49.7 Å². The zero-order valence-electron chi connectivity index (χ0n) is 22.2. The van der Waals surface area contributed by atoms with Crippen LogP contribution in [0.15, 0.2) is 36.0 Å². The Morgan fingerprint density at radius 2 is 1.65 bits per heavy atom. The number of benzene rings is 1. The van der Waals surface area contributed by atoms with Gasteiger partial charge in [0.2, 0.25) is 6.41 Å². The summed E-state index contributed by atoms with van der Waals surface area (Å²) in [7, 11) is 2.18. The molecule has 1 amide bonds. The van der Waals surface area contributed by atoms with Gasteiger partial charge < -0.3 is 10.0 Å². The van der Waals surface area contributed by atoms with Crippen LogP contribution in [0.1, 0.15) is 91.0 Å². The van der Waals surface area contributed by atoms with E-state index in [0.29, 0.717) is 12.0 Å². The van der Waals surface area contributed by atoms with Crippen molar-refractivity contribution in [3.63, 3.8) is 0 Å². The van der Waals surface area contributed by atoms with Gasteiger partial charge in [0, 0.05) is 23.8 Å². The molecule has 0 bridgehead atoms. The molecule has 1 aliphatic rings. The molecule has 1 N–H and O–H groups in total. The van der Waals surface area contributed by atoms with Crippen LogP contribution in [-0.2, 0) is 9.59 Å². The number of nitrogens with zero attached hydrogens (tertiary/aromatic N) is 2. The summed E-state index contributed by atoms with van der Waals surface area (Å²) in [6, 6.07) is 8.67. The number of halogens is 1. The minimum atomic E-state index is -0.250. The first-order valence-electron chi connectivity index (χ1n) is 12.8. The fourth-order valence-electron chi connectivity index (χ4n) is 4.57. The van der Waals surface area contributed by atoms with Crippen molar-refractivity contribution in [2.75, 3.05) is 20.1 Å². The van der Waals surface area contributed by atoms with Gasteiger partial charge in [-0.2, -0.15) is 0 Å². The molecule has 1 saturated carbocycles. The number of carboxylic acid groups (broad SMARTS) is 1. The summed E-state index contributed by atoms with van der Waals surface area (Å²) in [5.41, 5.74) is 2.72. The van der Waals surface area contributed by atoms with Crippen LogP contribution in [0.2, 0.25) is 5.02 Å². The van der Waals surface area contributed by atoms with Crippen LogP contribution >= 0.6 is 11.6 Å². The maximum absolute atomic E-state index is 11.1. The summed E-state index contributed by atoms with van der Waals surface area (Å²) in [6.45, 7) is 12.6. The zero-order valence-corrected chi connectivity index (χ0v) is 22.9. The molecule has 0 aliphatic heterocycles. The molecule has 0 heterocycles. The fraction of sp³-hybridized carbons (Fsp3) is 0.643. The van der Waals surface area contributed by atoms with Gasteiger partial charge in [0.25, 0.3) is 6.47 Å². The van der Waals surface area contributed by atoms with Crippen LogP contribution in [0.5, 0.6) is 0 Å². The lowest BCUT2D eigenvalue weighted by Crippen LogP contribution is -2.36. The van der Waals surface area contributed by atoms with Crippen molar-refractivity contribution in [2.45, 2.75) is 91.5 Å². The van der Waals surface area contributed by atoms with E-state index < -0.39 is 0 Å². The number of carbonyl (C=O) groups excluding carboxylic acids is 1. The van der Waals surface area contributed by atoms with Crippen LogP contribution in [0.3, 0.4) is 0 Å². The van der Waals surface area contributed by atoms with Gasteiger partial charge in [0.15, 0.2) is 0 Å². The van der Waals surface area contributed by atoms with E-state index in [2.05, 4.69) is 64.9 Å². The normalized spacial score (nSPS) is 14.7. The molecule has 1 aromatic rings. The van der Waals surface area contributed by atoms with Crippen molar-refractivity contribution >= 4 is 24.5 Å². The van der Waals surface area contributed by atoms with Gasteiger partial charge in [-0.25, -0.2) is 0 Å². The second kappa shape index (κ2) is 19.5. The van der Waals surface area contributed by atoms with Crippen molar-refractivity contribution in [1.29, 1.82) is 0 Å². The number of hydrogen-bond donors (Lipinski definition) is 1. The summed E-state index contributed by atoms with van der Waals surface area (Å²) in [5.74, 6) is 1.20. The Hall–Kier alpha value is -1.85. The summed E-state index contributed by atoms with van der Waals surface area (Å²) in [6.07, 6.45) is 11.6. The summed E-state index contributed by atoms with van der Waals surface area (Å²) >= 11 is 6.10. The summed E-state index contributed by atoms with van der Waals surface area (Å²) in [4.78, 5) is 23.7. The average Bonchev–Trinajstić information content (AvgIpc) is 3.34. The Kier molecular flexibility index (Phi) is 18.4. The molecule has 0 radical (unpaired) electrons. The Morgan fingerprint density at radius 3 is 2.09 bits per heavy atom. The molecule has 0 spiro atoms. The van der Waals surface area contributed by atoms with E-state index in [4.69, 9.17) is 21.5 Å². The SMILES string of the molecule is CCCN(C=O)/C=C(/C(C)C)C(CC)N(C)CCC.Clc1ccccc1C1CCCC1.O=CO. The standard InChI is InChI=1S/C16H32N2O.C11H13Cl.CH2O2/c1-7-10-17(6)16(9-3)15(14(4)5)12-18(13-19)11-8-2;12-11-8-4-3-7-10(11)9-5-1-2-6-9;2-1-3/h12-14,16H,7-11H2,1-6H3;3-4,7-9H,1-2,5-6H2;1H,(H,2,3)/b15-12-;;. The van der Waals surface area contributed by atoms with Crippen LogP contribution in [-0.4, -0.2) is 54.0 Å². The maximum Gasteiger partial charge on any atom is 0.290 e. The molecule has 5 nitrogen and oxygen atoms in total. The largest absolute Gasteiger partial charge is 0.483 e. The number of rotatable bonds is 11. The second-order valence-corrected chi connectivity index (χ2v) is 9.55. The van der Waals surface area contributed by atoms with E-state index in [1.54, 1.807) is 4.90 Å². The van der Waals surface area contributed by atoms with E-state index in [1.165, 1.54) is 36.8 Å². The van der Waals surface area contributed by atoms with Gasteiger partial charge >= 0.3 is 0 Å². The molecule has 1 fully saturated rings. The first-order chi connectivity index (χ1) is 16.3. The first-order valence-corrected chi connectivity index (χ1v) is 13.1. The van der Waals surface area contributed by atoms with E-state index in [-0.39, 0.29) is 6.47 Å². The predicted octanol–water partition coefficient (Wildman–Crippen LogP) is 7.21. The van der Waals surface area contributed by atoms with Crippen molar-refractivity contribution in [1.82, 2.24) is 9.80 Å². The Morgan fingerprint density at radius 1 is 1.09 bits per heavy atom. The Balaban J connectivity index is 0.000000612. The highest BCUT2D eigenvalue weighted by Crippen LogP contribution is 2.37. The van der Waals surface area contributed by atoms with Crippen LogP contribution in [0.4, 0.5) is 0 Å². The zero-order chi connectivity index (χ0) is 25.9. The molecule has 2 rings (SSSR count). The Bertz CT molecular complexity index is 703. The number of hydrogen-bond acceptors (Lipinski definition) is 3. The quantitative estimate of drug-likeness (QED) is 0.330. The van der Waals surface area contributed by atoms with E-state index in [1.807, 2.05) is 12.1 Å². The summed E-state index contributed by atoms with van der Waals surface area (Å²) in [5, 5.41) is 7.84. The highest BCUT2D eigenvalue weighted by atomic mass is 35.5. The molecule has 194 valence electrons. The lowest BCUT2D eigenvalue weighted by molar-refractivity contribution is -0.123. The molecule has 0 aromatic heterocycles.